The highest BCUT2D eigenvalue weighted by Crippen LogP contribution is 2.17. The third-order valence-electron chi connectivity index (χ3n) is 1.51. The first kappa shape index (κ1) is 6.15. The molecule has 0 N–H and O–H groups in total. The predicted molar refractivity (Wildman–Crippen MR) is 35.9 cm³/mol. The molecule has 1 aliphatic carbocycles. The minimum atomic E-state index is 0.734. The summed E-state index contributed by atoms with van der Waals surface area (Å²) in [6.45, 7) is 0. The van der Waals surface area contributed by atoms with Gasteiger partial charge in [-0.05, 0) is 31.3 Å². The summed E-state index contributed by atoms with van der Waals surface area (Å²) < 4.78 is 0. The summed E-state index contributed by atoms with van der Waals surface area (Å²) >= 11 is 5.63. The van der Waals surface area contributed by atoms with Crippen LogP contribution in [0.3, 0.4) is 0 Å². The summed E-state index contributed by atoms with van der Waals surface area (Å²) in [6, 6.07) is 0. The topological polar surface area (TPSA) is 0 Å². The maximum absolute atomic E-state index is 5.63. The second-order valence-corrected chi connectivity index (χ2v) is 2.51. The lowest BCUT2D eigenvalue weighted by Crippen LogP contribution is -2.03. The van der Waals surface area contributed by atoms with Gasteiger partial charge in [0.2, 0.25) is 0 Å². The number of hydrogen-bond acceptors (Lipinski definition) is 0. The van der Waals surface area contributed by atoms with Gasteiger partial charge in [0.15, 0.2) is 0 Å². The molecule has 0 aliphatic heterocycles. The molecule has 0 aromatic heterocycles. The largest absolute Gasteiger partial charge is 0.126 e. The van der Waals surface area contributed by atoms with Crippen molar-refractivity contribution >= 4 is 11.6 Å². The fourth-order valence-corrected chi connectivity index (χ4v) is 1.18. The quantitative estimate of drug-likeness (QED) is 0.477. The Morgan fingerprint density at radius 1 is 1.75 bits per heavy atom. The summed E-state index contributed by atoms with van der Waals surface area (Å²) in [5, 5.41) is 0. The van der Waals surface area contributed by atoms with Crippen LogP contribution in [0.25, 0.3) is 0 Å². The van der Waals surface area contributed by atoms with E-state index in [0.717, 1.165) is 24.6 Å². The summed E-state index contributed by atoms with van der Waals surface area (Å²) in [7, 11) is 0. The zero-order valence-electron chi connectivity index (χ0n) is 4.86. The van der Waals surface area contributed by atoms with Gasteiger partial charge in [-0.2, -0.15) is 0 Å². The number of alkyl halides is 1. The van der Waals surface area contributed by atoms with E-state index in [-0.39, 0.29) is 0 Å². The van der Waals surface area contributed by atoms with Crippen molar-refractivity contribution in [2.45, 2.75) is 19.3 Å². The van der Waals surface area contributed by atoms with Crippen LogP contribution in [-0.4, -0.2) is 5.88 Å². The normalized spacial score (nSPS) is 28.4. The Morgan fingerprint density at radius 2 is 2.62 bits per heavy atom. The molecule has 1 unspecified atom stereocenters. The minimum Gasteiger partial charge on any atom is -0.126 e. The van der Waals surface area contributed by atoms with E-state index in [0.29, 0.717) is 0 Å². The van der Waals surface area contributed by atoms with Crippen molar-refractivity contribution in [3.8, 4) is 0 Å². The van der Waals surface area contributed by atoms with Gasteiger partial charge in [-0.15, -0.1) is 11.6 Å². The van der Waals surface area contributed by atoms with Crippen LogP contribution in [-0.2, 0) is 0 Å². The molecule has 0 aromatic carbocycles. The Morgan fingerprint density at radius 3 is 3.00 bits per heavy atom. The van der Waals surface area contributed by atoms with E-state index in [1.165, 1.54) is 6.42 Å². The Kier molecular flexibility index (Phi) is 2.41. The molecule has 1 rings (SSSR count). The Hall–Kier alpha value is 0.0300. The molecule has 1 radical (unpaired) electrons. The van der Waals surface area contributed by atoms with E-state index in [9.17, 15) is 0 Å². The Balaban J connectivity index is 2.27. The maximum atomic E-state index is 5.63. The van der Waals surface area contributed by atoms with Crippen molar-refractivity contribution in [1.29, 1.82) is 0 Å². The Bertz CT molecular complexity index is 86.4. The van der Waals surface area contributed by atoms with Gasteiger partial charge in [-0.1, -0.05) is 6.08 Å². The molecule has 0 amide bonds. The average Bonchev–Trinajstić information content (AvgIpc) is 1.90. The Labute approximate surface area is 55.5 Å². The highest BCUT2D eigenvalue weighted by Gasteiger charge is 2.06. The molecule has 0 spiro atoms. The van der Waals surface area contributed by atoms with Crippen LogP contribution in [0.2, 0.25) is 0 Å². The number of hydrogen-bond donors (Lipinski definition) is 0. The van der Waals surface area contributed by atoms with Crippen molar-refractivity contribution in [3.63, 3.8) is 0 Å². The fourth-order valence-electron chi connectivity index (χ4n) is 0.898. The van der Waals surface area contributed by atoms with Crippen molar-refractivity contribution in [2.75, 3.05) is 5.88 Å². The third kappa shape index (κ3) is 1.52. The molecular formula is C7H10Cl. The zero-order valence-corrected chi connectivity index (χ0v) is 5.62. The summed E-state index contributed by atoms with van der Waals surface area (Å²) in [5.41, 5.74) is 0. The molecular weight excluding hydrogens is 120 g/mol. The van der Waals surface area contributed by atoms with E-state index in [4.69, 9.17) is 11.6 Å². The molecule has 1 heteroatoms. The van der Waals surface area contributed by atoms with Crippen LogP contribution < -0.4 is 0 Å². The van der Waals surface area contributed by atoms with Gasteiger partial charge in [0, 0.05) is 5.88 Å². The lowest BCUT2D eigenvalue weighted by Gasteiger charge is -2.12. The van der Waals surface area contributed by atoms with Crippen LogP contribution in [0.4, 0.5) is 0 Å². The van der Waals surface area contributed by atoms with Gasteiger partial charge < -0.3 is 0 Å². The number of rotatable bonds is 1. The lowest BCUT2D eigenvalue weighted by atomic mass is 9.97. The van der Waals surface area contributed by atoms with E-state index in [1.807, 2.05) is 0 Å². The second-order valence-electron chi connectivity index (χ2n) is 2.20. The van der Waals surface area contributed by atoms with Crippen LogP contribution in [0.15, 0.2) is 6.08 Å². The zero-order chi connectivity index (χ0) is 5.82. The van der Waals surface area contributed by atoms with Gasteiger partial charge in [0.1, 0.15) is 0 Å². The van der Waals surface area contributed by atoms with Crippen LogP contribution in [0.5, 0.6) is 0 Å². The second kappa shape index (κ2) is 3.13. The van der Waals surface area contributed by atoms with Gasteiger partial charge in [0.25, 0.3) is 0 Å². The monoisotopic (exact) mass is 129 g/mol. The first-order chi connectivity index (χ1) is 3.93. The van der Waals surface area contributed by atoms with Crippen LogP contribution in [0.1, 0.15) is 19.3 Å². The summed E-state index contributed by atoms with van der Waals surface area (Å²) in [4.78, 5) is 0. The standard InChI is InChI=1S/C7H10Cl/c8-6-7-4-2-1-3-5-7/h2,7H,3-6H2. The van der Waals surface area contributed by atoms with E-state index in [2.05, 4.69) is 12.2 Å². The number of allylic oxidation sites excluding steroid dienone is 2. The molecule has 0 saturated heterocycles. The van der Waals surface area contributed by atoms with Gasteiger partial charge in [0.05, 0.1) is 0 Å². The highest BCUT2D eigenvalue weighted by atomic mass is 35.5. The molecule has 1 atom stereocenters. The van der Waals surface area contributed by atoms with Crippen molar-refractivity contribution in [1.82, 2.24) is 0 Å². The highest BCUT2D eigenvalue weighted by molar-refractivity contribution is 6.18. The minimum absolute atomic E-state index is 0.734. The average molecular weight is 130 g/mol. The lowest BCUT2D eigenvalue weighted by molar-refractivity contribution is 0.526. The van der Waals surface area contributed by atoms with Crippen molar-refractivity contribution in [2.24, 2.45) is 5.92 Å². The van der Waals surface area contributed by atoms with Gasteiger partial charge >= 0.3 is 0 Å². The molecule has 0 heterocycles. The van der Waals surface area contributed by atoms with Gasteiger partial charge in [-0.25, -0.2) is 0 Å². The van der Waals surface area contributed by atoms with Crippen LogP contribution in [0, 0.1) is 12.0 Å². The molecule has 0 aromatic rings. The van der Waals surface area contributed by atoms with Crippen LogP contribution >= 0.6 is 11.6 Å². The smallest absolute Gasteiger partial charge is 0.0254 e. The maximum Gasteiger partial charge on any atom is 0.0254 e. The molecule has 0 bridgehead atoms. The summed E-state index contributed by atoms with van der Waals surface area (Å²) in [5.74, 6) is 1.55. The molecule has 0 fully saturated rings. The van der Waals surface area contributed by atoms with Crippen molar-refractivity contribution in [3.05, 3.63) is 12.2 Å². The van der Waals surface area contributed by atoms with E-state index < -0.39 is 0 Å². The molecule has 0 nitrogen and oxygen atoms in total. The summed E-state index contributed by atoms with van der Waals surface area (Å²) in [6.07, 6.45) is 8.76. The molecule has 1 aliphatic rings. The van der Waals surface area contributed by atoms with E-state index in [1.54, 1.807) is 0 Å². The van der Waals surface area contributed by atoms with E-state index >= 15 is 0 Å². The molecule has 45 valence electrons. The third-order valence-corrected chi connectivity index (χ3v) is 1.95. The SMILES string of the molecule is ClCC1CC=[C]CC1. The predicted octanol–water partition coefficient (Wildman–Crippen LogP) is 2.38. The first-order valence-corrected chi connectivity index (χ1v) is 3.58. The molecule has 0 saturated carbocycles. The first-order valence-electron chi connectivity index (χ1n) is 3.04. The van der Waals surface area contributed by atoms with Gasteiger partial charge in [-0.3, -0.25) is 0 Å². The fraction of sp³-hybridized carbons (Fsp3) is 0.714. The molecule has 8 heavy (non-hydrogen) atoms. The number of halogens is 1. The van der Waals surface area contributed by atoms with Crippen molar-refractivity contribution < 1.29 is 0 Å².